The Bertz CT molecular complexity index is 181. The molecule has 0 aromatic rings. The number of hydrogen-bond donors (Lipinski definition) is 1. The summed E-state index contributed by atoms with van der Waals surface area (Å²) in [6.07, 6.45) is 1.26. The maximum atomic E-state index is 5.38. The van der Waals surface area contributed by atoms with E-state index in [1.165, 1.54) is 6.42 Å². The minimum absolute atomic E-state index is 0.562. The molecule has 1 heterocycles. The van der Waals surface area contributed by atoms with Gasteiger partial charge in [-0.2, -0.15) is 0 Å². The zero-order chi connectivity index (χ0) is 12.0. The van der Waals surface area contributed by atoms with Crippen LogP contribution in [0.3, 0.4) is 0 Å². The lowest BCUT2D eigenvalue weighted by Crippen LogP contribution is -2.51. The van der Waals surface area contributed by atoms with Gasteiger partial charge < -0.3 is 10.1 Å². The average Bonchev–Trinajstić information content (AvgIpc) is 2.35. The second-order valence-electron chi connectivity index (χ2n) is 5.10. The molecule has 96 valence electrons. The maximum absolute atomic E-state index is 5.38. The van der Waals surface area contributed by atoms with Crippen LogP contribution in [-0.4, -0.2) is 49.8 Å². The van der Waals surface area contributed by atoms with Gasteiger partial charge >= 0.3 is 0 Å². The standard InChI is InChI=1S/C13H28N2O/c1-5-11(2)10-14-12(3)13(4)15-6-8-16-9-7-15/h11-14H,5-10H2,1-4H3. The third-order valence-electron chi connectivity index (χ3n) is 3.83. The molecule has 1 aliphatic rings. The minimum atomic E-state index is 0.562. The van der Waals surface area contributed by atoms with Crippen LogP contribution in [0.25, 0.3) is 0 Å². The first-order chi connectivity index (χ1) is 7.65. The number of nitrogens with zero attached hydrogens (tertiary/aromatic N) is 1. The topological polar surface area (TPSA) is 24.5 Å². The molecule has 0 aromatic carbocycles. The Morgan fingerprint density at radius 2 is 1.81 bits per heavy atom. The second kappa shape index (κ2) is 7.25. The van der Waals surface area contributed by atoms with Crippen molar-refractivity contribution in [3.63, 3.8) is 0 Å². The molecular weight excluding hydrogens is 200 g/mol. The molecule has 3 atom stereocenters. The average molecular weight is 228 g/mol. The summed E-state index contributed by atoms with van der Waals surface area (Å²) >= 11 is 0. The van der Waals surface area contributed by atoms with Crippen molar-refractivity contribution in [3.8, 4) is 0 Å². The SMILES string of the molecule is CCC(C)CNC(C)C(C)N1CCOCC1. The Labute approximate surface area is 101 Å². The van der Waals surface area contributed by atoms with E-state index in [4.69, 9.17) is 4.74 Å². The van der Waals surface area contributed by atoms with Crippen LogP contribution >= 0.6 is 0 Å². The quantitative estimate of drug-likeness (QED) is 0.749. The van der Waals surface area contributed by atoms with Gasteiger partial charge in [0.25, 0.3) is 0 Å². The lowest BCUT2D eigenvalue weighted by atomic mass is 10.1. The fourth-order valence-electron chi connectivity index (χ4n) is 2.00. The van der Waals surface area contributed by atoms with Crippen LogP contribution in [-0.2, 0) is 4.74 Å². The van der Waals surface area contributed by atoms with E-state index in [1.807, 2.05) is 0 Å². The third-order valence-corrected chi connectivity index (χ3v) is 3.83. The van der Waals surface area contributed by atoms with E-state index in [-0.39, 0.29) is 0 Å². The van der Waals surface area contributed by atoms with Gasteiger partial charge in [0.05, 0.1) is 13.2 Å². The van der Waals surface area contributed by atoms with Crippen LogP contribution in [0.2, 0.25) is 0 Å². The highest BCUT2D eigenvalue weighted by Gasteiger charge is 2.21. The lowest BCUT2D eigenvalue weighted by molar-refractivity contribution is 0.0134. The van der Waals surface area contributed by atoms with Crippen molar-refractivity contribution < 1.29 is 4.74 Å². The lowest BCUT2D eigenvalue weighted by Gasteiger charge is -2.36. The van der Waals surface area contributed by atoms with Crippen LogP contribution in [0.5, 0.6) is 0 Å². The Morgan fingerprint density at radius 3 is 2.38 bits per heavy atom. The van der Waals surface area contributed by atoms with E-state index >= 15 is 0 Å². The summed E-state index contributed by atoms with van der Waals surface area (Å²) in [5, 5.41) is 3.65. The highest BCUT2D eigenvalue weighted by Crippen LogP contribution is 2.08. The Morgan fingerprint density at radius 1 is 1.19 bits per heavy atom. The molecule has 1 fully saturated rings. The highest BCUT2D eigenvalue weighted by molar-refractivity contribution is 4.79. The molecule has 0 spiro atoms. The molecule has 0 saturated carbocycles. The molecule has 1 saturated heterocycles. The Hall–Kier alpha value is -0.120. The van der Waals surface area contributed by atoms with E-state index in [2.05, 4.69) is 37.9 Å². The number of rotatable bonds is 6. The second-order valence-corrected chi connectivity index (χ2v) is 5.10. The summed E-state index contributed by atoms with van der Waals surface area (Å²) in [6.45, 7) is 14.2. The van der Waals surface area contributed by atoms with E-state index < -0.39 is 0 Å². The summed E-state index contributed by atoms with van der Waals surface area (Å²) in [4.78, 5) is 2.53. The fourth-order valence-corrected chi connectivity index (χ4v) is 2.00. The van der Waals surface area contributed by atoms with Gasteiger partial charge in [-0.15, -0.1) is 0 Å². The molecule has 3 heteroatoms. The van der Waals surface area contributed by atoms with Gasteiger partial charge in [0.15, 0.2) is 0 Å². The molecule has 1 N–H and O–H groups in total. The van der Waals surface area contributed by atoms with Crippen LogP contribution in [0, 0.1) is 5.92 Å². The normalized spacial score (nSPS) is 24.0. The zero-order valence-corrected chi connectivity index (χ0v) is 11.3. The van der Waals surface area contributed by atoms with Crippen molar-refractivity contribution in [2.24, 2.45) is 5.92 Å². The van der Waals surface area contributed by atoms with Gasteiger partial charge in [-0.3, -0.25) is 4.90 Å². The number of nitrogens with one attached hydrogen (secondary N) is 1. The number of morpholine rings is 1. The summed E-state index contributed by atoms with van der Waals surface area (Å²) in [7, 11) is 0. The Kier molecular flexibility index (Phi) is 6.32. The molecule has 1 aliphatic heterocycles. The van der Waals surface area contributed by atoms with Crippen molar-refractivity contribution in [1.82, 2.24) is 10.2 Å². The van der Waals surface area contributed by atoms with E-state index in [0.29, 0.717) is 12.1 Å². The van der Waals surface area contributed by atoms with Gasteiger partial charge in [0.2, 0.25) is 0 Å². The third kappa shape index (κ3) is 4.40. The molecule has 0 aliphatic carbocycles. The van der Waals surface area contributed by atoms with Crippen LogP contribution in [0.15, 0.2) is 0 Å². The maximum Gasteiger partial charge on any atom is 0.0594 e. The predicted octanol–water partition coefficient (Wildman–Crippen LogP) is 1.73. The van der Waals surface area contributed by atoms with Gasteiger partial charge in [0, 0.05) is 25.2 Å². The Balaban J connectivity index is 2.25. The molecular formula is C13H28N2O. The molecule has 0 amide bonds. The molecule has 0 aromatic heterocycles. The molecule has 16 heavy (non-hydrogen) atoms. The number of ether oxygens (including phenoxy) is 1. The van der Waals surface area contributed by atoms with Crippen LogP contribution in [0.1, 0.15) is 34.1 Å². The van der Waals surface area contributed by atoms with Crippen LogP contribution in [0.4, 0.5) is 0 Å². The fraction of sp³-hybridized carbons (Fsp3) is 1.00. The van der Waals surface area contributed by atoms with E-state index in [9.17, 15) is 0 Å². The van der Waals surface area contributed by atoms with Crippen molar-refractivity contribution in [3.05, 3.63) is 0 Å². The van der Waals surface area contributed by atoms with E-state index in [0.717, 1.165) is 38.8 Å². The minimum Gasteiger partial charge on any atom is -0.379 e. The largest absolute Gasteiger partial charge is 0.379 e. The van der Waals surface area contributed by atoms with Gasteiger partial charge in [0.1, 0.15) is 0 Å². The number of hydrogen-bond acceptors (Lipinski definition) is 3. The first-order valence-corrected chi connectivity index (χ1v) is 6.70. The highest BCUT2D eigenvalue weighted by atomic mass is 16.5. The molecule has 3 unspecified atom stereocenters. The summed E-state index contributed by atoms with van der Waals surface area (Å²) < 4.78 is 5.38. The van der Waals surface area contributed by atoms with Gasteiger partial charge in [-0.25, -0.2) is 0 Å². The molecule has 1 rings (SSSR count). The zero-order valence-electron chi connectivity index (χ0n) is 11.3. The summed E-state index contributed by atoms with van der Waals surface area (Å²) in [6, 6.07) is 1.17. The summed E-state index contributed by atoms with van der Waals surface area (Å²) in [5.74, 6) is 0.777. The van der Waals surface area contributed by atoms with Gasteiger partial charge in [-0.1, -0.05) is 20.3 Å². The molecule has 0 bridgehead atoms. The monoisotopic (exact) mass is 228 g/mol. The van der Waals surface area contributed by atoms with Crippen molar-refractivity contribution in [2.75, 3.05) is 32.8 Å². The molecule has 0 radical (unpaired) electrons. The van der Waals surface area contributed by atoms with Crippen molar-refractivity contribution in [2.45, 2.75) is 46.2 Å². The first-order valence-electron chi connectivity index (χ1n) is 6.70. The molecule has 3 nitrogen and oxygen atoms in total. The summed E-state index contributed by atoms with van der Waals surface area (Å²) in [5.41, 5.74) is 0. The van der Waals surface area contributed by atoms with Crippen LogP contribution < -0.4 is 5.32 Å². The first kappa shape index (κ1) is 13.9. The van der Waals surface area contributed by atoms with E-state index in [1.54, 1.807) is 0 Å². The smallest absolute Gasteiger partial charge is 0.0594 e. The predicted molar refractivity (Wildman–Crippen MR) is 68.8 cm³/mol. The van der Waals surface area contributed by atoms with Crippen molar-refractivity contribution in [1.29, 1.82) is 0 Å². The van der Waals surface area contributed by atoms with Gasteiger partial charge in [-0.05, 0) is 26.3 Å². The van der Waals surface area contributed by atoms with Crippen molar-refractivity contribution >= 4 is 0 Å².